The maximum Gasteiger partial charge on any atom is 0.222 e. The van der Waals surface area contributed by atoms with Crippen molar-refractivity contribution in [3.05, 3.63) is 17.7 Å². The zero-order chi connectivity index (χ0) is 15.9. The Labute approximate surface area is 143 Å². The fourth-order valence-electron chi connectivity index (χ4n) is 2.67. The third-order valence-electron chi connectivity index (χ3n) is 3.86. The lowest BCUT2D eigenvalue weighted by Crippen LogP contribution is -2.46. The molecule has 1 aromatic carbocycles. The molecule has 7 heteroatoms. The van der Waals surface area contributed by atoms with Crippen LogP contribution in [0.4, 0.5) is 0 Å². The predicted octanol–water partition coefficient (Wildman–Crippen LogP) is 1.50. The Hall–Kier alpha value is -1.66. The molecule has 1 fully saturated rings. The number of hydrogen-bond acceptors (Lipinski definition) is 5. The molecule has 130 valence electrons. The Morgan fingerprint density at radius 3 is 2.30 bits per heavy atom. The van der Waals surface area contributed by atoms with E-state index in [1.165, 1.54) is 0 Å². The summed E-state index contributed by atoms with van der Waals surface area (Å²) in [6, 6.07) is 3.76. The minimum atomic E-state index is 0. The molecule has 6 nitrogen and oxygen atoms in total. The van der Waals surface area contributed by atoms with Crippen molar-refractivity contribution in [1.29, 1.82) is 0 Å². The van der Waals surface area contributed by atoms with E-state index in [4.69, 9.17) is 14.2 Å². The normalized spacial score (nSPS) is 14.0. The van der Waals surface area contributed by atoms with E-state index in [2.05, 4.69) is 5.32 Å². The van der Waals surface area contributed by atoms with Gasteiger partial charge in [0, 0.05) is 32.6 Å². The molecule has 1 N–H and O–H groups in total. The van der Waals surface area contributed by atoms with Gasteiger partial charge in [0.1, 0.15) is 0 Å². The first kappa shape index (κ1) is 19.4. The van der Waals surface area contributed by atoms with Gasteiger partial charge in [0.15, 0.2) is 11.5 Å². The molecule has 1 amide bonds. The summed E-state index contributed by atoms with van der Waals surface area (Å²) in [5, 5.41) is 3.25. The van der Waals surface area contributed by atoms with Crippen LogP contribution in [0.15, 0.2) is 12.1 Å². The second kappa shape index (κ2) is 9.47. The van der Waals surface area contributed by atoms with E-state index in [1.807, 2.05) is 17.0 Å². The highest BCUT2D eigenvalue weighted by Gasteiger charge is 2.19. The van der Waals surface area contributed by atoms with Crippen LogP contribution >= 0.6 is 12.4 Å². The van der Waals surface area contributed by atoms with Crippen molar-refractivity contribution in [3.8, 4) is 17.2 Å². The second-order valence-electron chi connectivity index (χ2n) is 5.12. The van der Waals surface area contributed by atoms with Crippen molar-refractivity contribution in [2.45, 2.75) is 12.8 Å². The Morgan fingerprint density at radius 1 is 1.09 bits per heavy atom. The number of methoxy groups -OCH3 is 3. The van der Waals surface area contributed by atoms with Gasteiger partial charge in [-0.05, 0) is 18.1 Å². The highest BCUT2D eigenvalue weighted by atomic mass is 35.5. The van der Waals surface area contributed by atoms with Gasteiger partial charge in [0.2, 0.25) is 11.7 Å². The van der Waals surface area contributed by atoms with Gasteiger partial charge < -0.3 is 24.4 Å². The average Bonchev–Trinajstić information content (AvgIpc) is 2.59. The number of nitrogens with zero attached hydrogens (tertiary/aromatic N) is 1. The number of piperazine rings is 1. The number of nitrogens with one attached hydrogen (secondary N) is 1. The van der Waals surface area contributed by atoms with E-state index in [-0.39, 0.29) is 18.3 Å². The Morgan fingerprint density at radius 2 is 1.74 bits per heavy atom. The molecule has 1 heterocycles. The number of benzene rings is 1. The summed E-state index contributed by atoms with van der Waals surface area (Å²) in [6.45, 7) is 3.29. The van der Waals surface area contributed by atoms with Crippen molar-refractivity contribution < 1.29 is 19.0 Å². The number of rotatable bonds is 6. The van der Waals surface area contributed by atoms with Gasteiger partial charge in [-0.3, -0.25) is 4.79 Å². The molecular weight excluding hydrogens is 320 g/mol. The molecule has 0 bridgehead atoms. The van der Waals surface area contributed by atoms with E-state index < -0.39 is 0 Å². The zero-order valence-corrected chi connectivity index (χ0v) is 14.7. The molecule has 0 spiro atoms. The molecule has 23 heavy (non-hydrogen) atoms. The first-order valence-electron chi connectivity index (χ1n) is 7.47. The molecule has 0 aromatic heterocycles. The van der Waals surface area contributed by atoms with E-state index in [0.717, 1.165) is 31.7 Å². The summed E-state index contributed by atoms with van der Waals surface area (Å²) in [5.41, 5.74) is 0.948. The van der Waals surface area contributed by atoms with Crippen molar-refractivity contribution in [2.24, 2.45) is 0 Å². The third-order valence-corrected chi connectivity index (χ3v) is 3.86. The Bertz CT molecular complexity index is 519. The first-order valence-corrected chi connectivity index (χ1v) is 7.47. The summed E-state index contributed by atoms with van der Waals surface area (Å²) in [4.78, 5) is 14.2. The van der Waals surface area contributed by atoms with Crippen LogP contribution in [-0.4, -0.2) is 58.3 Å². The lowest BCUT2D eigenvalue weighted by molar-refractivity contribution is -0.131. The monoisotopic (exact) mass is 344 g/mol. The fraction of sp³-hybridized carbons (Fsp3) is 0.562. The summed E-state index contributed by atoms with van der Waals surface area (Å²) in [6.07, 6.45) is 1.08. The molecule has 1 aromatic rings. The number of ether oxygens (including phenoxy) is 3. The molecule has 1 saturated heterocycles. The van der Waals surface area contributed by atoms with Crippen molar-refractivity contribution in [1.82, 2.24) is 10.2 Å². The van der Waals surface area contributed by atoms with Crippen LogP contribution in [0.25, 0.3) is 0 Å². The standard InChI is InChI=1S/C16H24N2O4.ClH/c1-20-13-6-4-12(15(21-2)16(13)22-3)5-7-14(19)18-10-8-17-9-11-18;/h4,6,17H,5,7-11H2,1-3H3;1H. The lowest BCUT2D eigenvalue weighted by atomic mass is 10.1. The van der Waals surface area contributed by atoms with Crippen LogP contribution in [0.1, 0.15) is 12.0 Å². The quantitative estimate of drug-likeness (QED) is 0.847. The Balaban J connectivity index is 0.00000264. The molecule has 0 saturated carbocycles. The van der Waals surface area contributed by atoms with Crippen LogP contribution in [0, 0.1) is 0 Å². The second-order valence-corrected chi connectivity index (χ2v) is 5.12. The number of halogens is 1. The maximum absolute atomic E-state index is 12.3. The van der Waals surface area contributed by atoms with E-state index in [9.17, 15) is 4.79 Å². The number of carbonyl (C=O) groups excluding carboxylic acids is 1. The smallest absolute Gasteiger partial charge is 0.222 e. The van der Waals surface area contributed by atoms with E-state index >= 15 is 0 Å². The molecule has 2 rings (SSSR count). The number of hydrogen-bond donors (Lipinski definition) is 1. The third kappa shape index (κ3) is 4.65. The summed E-state index contributed by atoms with van der Waals surface area (Å²) in [5.74, 6) is 2.00. The van der Waals surface area contributed by atoms with Crippen molar-refractivity contribution in [3.63, 3.8) is 0 Å². The van der Waals surface area contributed by atoms with Crippen molar-refractivity contribution in [2.75, 3.05) is 47.5 Å². The molecule has 0 atom stereocenters. The van der Waals surface area contributed by atoms with Crippen molar-refractivity contribution >= 4 is 18.3 Å². The van der Waals surface area contributed by atoms with Gasteiger partial charge in [-0.1, -0.05) is 6.07 Å². The Kier molecular flexibility index (Phi) is 7.98. The fourth-order valence-corrected chi connectivity index (χ4v) is 2.67. The average molecular weight is 345 g/mol. The minimum absolute atomic E-state index is 0. The van der Waals surface area contributed by atoms with Crippen LogP contribution < -0.4 is 19.5 Å². The highest BCUT2D eigenvalue weighted by Crippen LogP contribution is 2.40. The molecule has 0 aliphatic carbocycles. The lowest BCUT2D eigenvalue weighted by Gasteiger charge is -2.27. The summed E-state index contributed by atoms with van der Waals surface area (Å²) < 4.78 is 16.1. The molecule has 1 aliphatic heterocycles. The largest absolute Gasteiger partial charge is 0.493 e. The van der Waals surface area contributed by atoms with Gasteiger partial charge in [-0.25, -0.2) is 0 Å². The van der Waals surface area contributed by atoms with Crippen LogP contribution in [0.2, 0.25) is 0 Å². The number of aryl methyl sites for hydroxylation is 1. The highest BCUT2D eigenvalue weighted by molar-refractivity contribution is 5.85. The number of amides is 1. The molecule has 0 unspecified atom stereocenters. The predicted molar refractivity (Wildman–Crippen MR) is 91.1 cm³/mol. The zero-order valence-electron chi connectivity index (χ0n) is 13.9. The minimum Gasteiger partial charge on any atom is -0.493 e. The van der Waals surface area contributed by atoms with Gasteiger partial charge in [0.05, 0.1) is 21.3 Å². The summed E-state index contributed by atoms with van der Waals surface area (Å²) in [7, 11) is 4.76. The van der Waals surface area contributed by atoms with E-state index in [0.29, 0.717) is 30.1 Å². The van der Waals surface area contributed by atoms with Crippen LogP contribution in [0.3, 0.4) is 0 Å². The first-order chi connectivity index (χ1) is 10.7. The van der Waals surface area contributed by atoms with Gasteiger partial charge in [-0.15, -0.1) is 12.4 Å². The van der Waals surface area contributed by atoms with E-state index in [1.54, 1.807) is 21.3 Å². The van der Waals surface area contributed by atoms with Crippen LogP contribution in [0.5, 0.6) is 17.2 Å². The molecule has 1 aliphatic rings. The number of carbonyl (C=O) groups is 1. The molecule has 0 radical (unpaired) electrons. The SMILES string of the molecule is COc1ccc(CCC(=O)N2CCNCC2)c(OC)c1OC.Cl. The van der Waals surface area contributed by atoms with Crippen LogP contribution in [-0.2, 0) is 11.2 Å². The van der Waals surface area contributed by atoms with Gasteiger partial charge in [-0.2, -0.15) is 0 Å². The van der Waals surface area contributed by atoms with Gasteiger partial charge in [0.25, 0.3) is 0 Å². The topological polar surface area (TPSA) is 60.0 Å². The summed E-state index contributed by atoms with van der Waals surface area (Å²) >= 11 is 0. The van der Waals surface area contributed by atoms with Gasteiger partial charge >= 0.3 is 0 Å². The maximum atomic E-state index is 12.3. The molecular formula is C16H25ClN2O4.